The van der Waals surface area contributed by atoms with Gasteiger partial charge in [0.05, 0.1) is 24.8 Å². The Morgan fingerprint density at radius 3 is 2.23 bits per heavy atom. The van der Waals surface area contributed by atoms with E-state index in [0.717, 1.165) is 14.9 Å². The highest BCUT2D eigenvalue weighted by molar-refractivity contribution is 9.10. The normalized spacial score (nSPS) is 27.4. The molecule has 0 aliphatic carbocycles. The van der Waals surface area contributed by atoms with Gasteiger partial charge >= 0.3 is 11.9 Å². The Morgan fingerprint density at radius 2 is 1.65 bits per heavy atom. The number of carbonyl (C=O) groups is 4. The molecule has 2 heterocycles. The number of nitrogens with one attached hydrogen (secondary N) is 1. The van der Waals surface area contributed by atoms with Crippen molar-refractivity contribution >= 4 is 39.7 Å². The van der Waals surface area contributed by atoms with Crippen LogP contribution in [0, 0.1) is 11.8 Å². The van der Waals surface area contributed by atoms with Gasteiger partial charge < -0.3 is 10.2 Å². The summed E-state index contributed by atoms with van der Waals surface area (Å²) >= 11 is 3.34. The quantitative estimate of drug-likeness (QED) is 0.534. The molecule has 2 saturated heterocycles. The van der Waals surface area contributed by atoms with Crippen LogP contribution >= 0.6 is 15.9 Å². The van der Waals surface area contributed by atoms with Crippen LogP contribution in [0.3, 0.4) is 0 Å². The number of carboxylic acids is 2. The van der Waals surface area contributed by atoms with E-state index >= 15 is 0 Å². The minimum Gasteiger partial charge on any atom is -0.481 e. The fourth-order valence-corrected chi connectivity index (χ4v) is 4.88. The molecule has 160 valence electrons. The molecule has 4 atom stereocenters. The smallest absolute Gasteiger partial charge is 0.325 e. The molecule has 8 nitrogen and oxygen atoms in total. The second-order valence-corrected chi connectivity index (χ2v) is 8.69. The van der Waals surface area contributed by atoms with E-state index < -0.39 is 53.6 Å². The standard InChI is InChI=1S/C22H19BrN2O6/c23-14-8-6-13(7-9-14)18-16-17(22(24-18,21(30)31)10-15(26)27)20(29)25(19(16)28)11-12-4-2-1-3-5-12/h1-9,16-18,24H,10-11H2,(H,26,27)(H,30,31). The number of fused-ring (bicyclic) bond motifs is 1. The van der Waals surface area contributed by atoms with Gasteiger partial charge in [0.25, 0.3) is 0 Å². The predicted molar refractivity (Wildman–Crippen MR) is 112 cm³/mol. The van der Waals surface area contributed by atoms with Crippen molar-refractivity contribution < 1.29 is 29.4 Å². The highest BCUT2D eigenvalue weighted by Gasteiger charge is 2.69. The number of rotatable bonds is 6. The average Bonchev–Trinajstić information content (AvgIpc) is 3.19. The number of nitrogens with zero attached hydrogens (tertiary/aromatic N) is 1. The van der Waals surface area contributed by atoms with Crippen LogP contribution in [0.2, 0.25) is 0 Å². The number of aliphatic carboxylic acids is 2. The number of hydrogen-bond acceptors (Lipinski definition) is 5. The van der Waals surface area contributed by atoms with Crippen molar-refractivity contribution in [1.29, 1.82) is 0 Å². The molecule has 4 unspecified atom stereocenters. The molecule has 2 amide bonds. The molecule has 9 heteroatoms. The molecule has 2 aromatic carbocycles. The summed E-state index contributed by atoms with van der Waals surface area (Å²) in [7, 11) is 0. The van der Waals surface area contributed by atoms with Crippen molar-refractivity contribution in [3.05, 3.63) is 70.2 Å². The van der Waals surface area contributed by atoms with Crippen LogP contribution in [0.5, 0.6) is 0 Å². The van der Waals surface area contributed by atoms with Crippen molar-refractivity contribution in [2.45, 2.75) is 24.5 Å². The topological polar surface area (TPSA) is 124 Å². The highest BCUT2D eigenvalue weighted by atomic mass is 79.9. The fourth-order valence-electron chi connectivity index (χ4n) is 4.61. The minimum absolute atomic E-state index is 0.00132. The van der Waals surface area contributed by atoms with Gasteiger partial charge in [-0.15, -0.1) is 0 Å². The molecule has 2 fully saturated rings. The van der Waals surface area contributed by atoms with Gasteiger partial charge in [-0.1, -0.05) is 58.4 Å². The van der Waals surface area contributed by atoms with Gasteiger partial charge in [0.15, 0.2) is 0 Å². The Balaban J connectivity index is 1.80. The molecule has 31 heavy (non-hydrogen) atoms. The molecular weight excluding hydrogens is 468 g/mol. The van der Waals surface area contributed by atoms with Gasteiger partial charge in [0.2, 0.25) is 11.8 Å². The molecule has 4 rings (SSSR count). The molecular formula is C22H19BrN2O6. The van der Waals surface area contributed by atoms with E-state index in [-0.39, 0.29) is 6.54 Å². The third-order valence-electron chi connectivity index (χ3n) is 5.97. The van der Waals surface area contributed by atoms with E-state index in [4.69, 9.17) is 0 Å². The summed E-state index contributed by atoms with van der Waals surface area (Å²) in [6, 6.07) is 15.0. The summed E-state index contributed by atoms with van der Waals surface area (Å²) in [6.45, 7) is 0.00132. The average molecular weight is 487 g/mol. The van der Waals surface area contributed by atoms with Crippen LogP contribution < -0.4 is 5.32 Å². The maximum absolute atomic E-state index is 13.4. The van der Waals surface area contributed by atoms with E-state index in [0.29, 0.717) is 5.56 Å². The first-order chi connectivity index (χ1) is 14.7. The van der Waals surface area contributed by atoms with Crippen LogP contribution in [0.4, 0.5) is 0 Å². The van der Waals surface area contributed by atoms with E-state index in [1.54, 1.807) is 48.5 Å². The van der Waals surface area contributed by atoms with Crippen LogP contribution in [-0.4, -0.2) is 44.4 Å². The number of amides is 2. The molecule has 0 saturated carbocycles. The number of benzene rings is 2. The molecule has 2 aliphatic rings. The predicted octanol–water partition coefficient (Wildman–Crippen LogP) is 2.19. The molecule has 2 aromatic rings. The summed E-state index contributed by atoms with van der Waals surface area (Å²) < 4.78 is 0.792. The van der Waals surface area contributed by atoms with E-state index in [2.05, 4.69) is 21.2 Å². The Hall–Kier alpha value is -3.04. The zero-order valence-corrected chi connectivity index (χ0v) is 17.8. The zero-order valence-electron chi connectivity index (χ0n) is 16.2. The lowest BCUT2D eigenvalue weighted by Gasteiger charge is -2.29. The van der Waals surface area contributed by atoms with Crippen LogP contribution in [-0.2, 0) is 25.7 Å². The summed E-state index contributed by atoms with van der Waals surface area (Å²) in [5, 5.41) is 22.3. The molecule has 2 aliphatic heterocycles. The number of hydrogen-bond donors (Lipinski definition) is 3. The van der Waals surface area contributed by atoms with E-state index in [1.165, 1.54) is 0 Å². The van der Waals surface area contributed by atoms with Crippen molar-refractivity contribution in [2.24, 2.45) is 11.8 Å². The first-order valence-corrected chi connectivity index (χ1v) is 10.4. The molecule has 0 radical (unpaired) electrons. The van der Waals surface area contributed by atoms with Gasteiger partial charge in [-0.05, 0) is 23.3 Å². The van der Waals surface area contributed by atoms with Gasteiger partial charge in [-0.2, -0.15) is 0 Å². The Bertz CT molecular complexity index is 1060. The fraction of sp³-hybridized carbons (Fsp3) is 0.273. The van der Waals surface area contributed by atoms with Crippen molar-refractivity contribution in [1.82, 2.24) is 10.2 Å². The highest BCUT2D eigenvalue weighted by Crippen LogP contribution is 2.50. The summed E-state index contributed by atoms with van der Waals surface area (Å²) in [6.07, 6.45) is -0.825. The summed E-state index contributed by atoms with van der Waals surface area (Å²) in [4.78, 5) is 51.7. The van der Waals surface area contributed by atoms with Crippen molar-refractivity contribution in [3.63, 3.8) is 0 Å². The maximum Gasteiger partial charge on any atom is 0.325 e. The van der Waals surface area contributed by atoms with Gasteiger partial charge in [0.1, 0.15) is 5.54 Å². The summed E-state index contributed by atoms with van der Waals surface area (Å²) in [5.41, 5.74) is -0.766. The van der Waals surface area contributed by atoms with Gasteiger partial charge in [0, 0.05) is 10.5 Å². The van der Waals surface area contributed by atoms with Crippen LogP contribution in [0.1, 0.15) is 23.6 Å². The Kier molecular flexibility index (Phi) is 5.40. The SMILES string of the molecule is O=C(O)CC1(C(=O)O)NC(c2ccc(Br)cc2)C2C(=O)N(Cc3ccccc3)C(=O)C21. The molecule has 0 spiro atoms. The largest absolute Gasteiger partial charge is 0.481 e. The van der Waals surface area contributed by atoms with E-state index in [1.807, 2.05) is 6.07 Å². The van der Waals surface area contributed by atoms with Gasteiger partial charge in [-0.25, -0.2) is 0 Å². The molecule has 0 aromatic heterocycles. The Labute approximate surface area is 186 Å². The lowest BCUT2D eigenvalue weighted by molar-refractivity contribution is -0.156. The molecule has 0 bridgehead atoms. The van der Waals surface area contributed by atoms with Crippen molar-refractivity contribution in [2.75, 3.05) is 0 Å². The number of likely N-dealkylation sites (tertiary alicyclic amines) is 1. The second-order valence-electron chi connectivity index (χ2n) is 7.77. The van der Waals surface area contributed by atoms with Crippen LogP contribution in [0.15, 0.2) is 59.1 Å². The van der Waals surface area contributed by atoms with Crippen LogP contribution in [0.25, 0.3) is 0 Å². The number of carbonyl (C=O) groups excluding carboxylic acids is 2. The zero-order chi connectivity index (χ0) is 22.3. The number of carboxylic acid groups (broad SMARTS) is 2. The number of imide groups is 1. The summed E-state index contributed by atoms with van der Waals surface area (Å²) in [5.74, 6) is -6.36. The lowest BCUT2D eigenvalue weighted by atomic mass is 9.77. The second kappa shape index (κ2) is 7.90. The first-order valence-electron chi connectivity index (χ1n) is 9.62. The van der Waals surface area contributed by atoms with E-state index in [9.17, 15) is 29.4 Å². The number of halogens is 1. The monoisotopic (exact) mass is 486 g/mol. The van der Waals surface area contributed by atoms with Crippen molar-refractivity contribution in [3.8, 4) is 0 Å². The van der Waals surface area contributed by atoms with Gasteiger partial charge in [-0.3, -0.25) is 29.4 Å². The third kappa shape index (κ3) is 3.53. The minimum atomic E-state index is -2.09. The third-order valence-corrected chi connectivity index (χ3v) is 6.50. The first kappa shape index (κ1) is 21.2. The Morgan fingerprint density at radius 1 is 1.00 bits per heavy atom. The molecule has 3 N–H and O–H groups in total. The lowest BCUT2D eigenvalue weighted by Crippen LogP contribution is -2.56. The maximum atomic E-state index is 13.4.